The summed E-state index contributed by atoms with van der Waals surface area (Å²) in [5.41, 5.74) is 3.40. The highest BCUT2D eigenvalue weighted by Gasteiger charge is 2.30. The van der Waals surface area contributed by atoms with E-state index in [1.807, 2.05) is 54.6 Å². The van der Waals surface area contributed by atoms with Crippen LogP contribution in [0.3, 0.4) is 0 Å². The van der Waals surface area contributed by atoms with Crippen LogP contribution in [0.2, 0.25) is 0 Å². The van der Waals surface area contributed by atoms with E-state index in [1.165, 1.54) is 6.34 Å². The fourth-order valence-electron chi connectivity index (χ4n) is 3.34. The first-order chi connectivity index (χ1) is 14.1. The standard InChI is InChI=1S/C24H23N3O2/c25-27-18-26-22-10-4-6-19(16-22)13-15-24(21-8-2-1-3-9-21)14-5-7-20(17-24)11-12-23(28)29/h1-10,14,16,18H,11-12,17,25H2,(H,26,27)(H,28,29). The summed E-state index contributed by atoms with van der Waals surface area (Å²) >= 11 is 0. The first-order valence-electron chi connectivity index (χ1n) is 9.37. The minimum atomic E-state index is -0.790. The lowest BCUT2D eigenvalue weighted by atomic mass is 9.72. The summed E-state index contributed by atoms with van der Waals surface area (Å²) in [6.07, 6.45) is 8.82. The van der Waals surface area contributed by atoms with Gasteiger partial charge < -0.3 is 16.3 Å². The van der Waals surface area contributed by atoms with Crippen molar-refractivity contribution >= 4 is 18.0 Å². The lowest BCUT2D eigenvalue weighted by Crippen LogP contribution is -2.24. The Morgan fingerprint density at radius 2 is 2.07 bits per heavy atom. The van der Waals surface area contributed by atoms with Gasteiger partial charge in [0.25, 0.3) is 0 Å². The second kappa shape index (κ2) is 9.43. The van der Waals surface area contributed by atoms with Crippen molar-refractivity contribution < 1.29 is 9.90 Å². The lowest BCUT2D eigenvalue weighted by molar-refractivity contribution is -0.136. The van der Waals surface area contributed by atoms with Crippen LogP contribution < -0.4 is 11.2 Å². The first kappa shape index (κ1) is 20.0. The summed E-state index contributed by atoms with van der Waals surface area (Å²) in [4.78, 5) is 11.0. The zero-order valence-electron chi connectivity index (χ0n) is 16.0. The van der Waals surface area contributed by atoms with Crippen LogP contribution in [0, 0.1) is 11.8 Å². The lowest BCUT2D eigenvalue weighted by Gasteiger charge is -2.29. The number of hydrogen-bond donors (Lipinski definition) is 3. The molecule has 0 fully saturated rings. The topological polar surface area (TPSA) is 87.7 Å². The number of carboxylic acids is 1. The van der Waals surface area contributed by atoms with E-state index in [-0.39, 0.29) is 6.42 Å². The van der Waals surface area contributed by atoms with Gasteiger partial charge in [-0.3, -0.25) is 4.79 Å². The molecule has 0 bridgehead atoms. The van der Waals surface area contributed by atoms with Crippen LogP contribution in [-0.2, 0) is 10.2 Å². The van der Waals surface area contributed by atoms with Gasteiger partial charge in [-0.25, -0.2) is 0 Å². The first-order valence-corrected chi connectivity index (χ1v) is 9.37. The quantitative estimate of drug-likeness (QED) is 0.230. The molecular weight excluding hydrogens is 362 g/mol. The Bertz CT molecular complexity index is 1010. The summed E-state index contributed by atoms with van der Waals surface area (Å²) in [6.45, 7) is 0. The molecule has 4 N–H and O–H groups in total. The molecule has 2 aromatic rings. The van der Waals surface area contributed by atoms with Crippen molar-refractivity contribution in [3.05, 3.63) is 89.5 Å². The van der Waals surface area contributed by atoms with Gasteiger partial charge in [0.1, 0.15) is 6.34 Å². The van der Waals surface area contributed by atoms with E-state index in [4.69, 9.17) is 10.9 Å². The average molecular weight is 385 g/mol. The smallest absolute Gasteiger partial charge is 0.303 e. The van der Waals surface area contributed by atoms with Gasteiger partial charge in [-0.1, -0.05) is 72.0 Å². The van der Waals surface area contributed by atoms with E-state index in [9.17, 15) is 4.79 Å². The summed E-state index contributed by atoms with van der Waals surface area (Å²) in [5.74, 6) is 11.1. The van der Waals surface area contributed by atoms with Crippen LogP contribution in [0.15, 0.2) is 83.5 Å². The maximum atomic E-state index is 11.0. The third-order valence-electron chi connectivity index (χ3n) is 4.77. The van der Waals surface area contributed by atoms with E-state index >= 15 is 0 Å². The van der Waals surface area contributed by atoms with Crippen molar-refractivity contribution in [2.45, 2.75) is 24.7 Å². The van der Waals surface area contributed by atoms with Gasteiger partial charge in [0.2, 0.25) is 0 Å². The molecule has 1 aliphatic carbocycles. The normalized spacial score (nSPS) is 18.0. The molecule has 1 aliphatic rings. The van der Waals surface area contributed by atoms with Crippen molar-refractivity contribution in [1.82, 2.24) is 0 Å². The summed E-state index contributed by atoms with van der Waals surface area (Å²) in [7, 11) is 0. The number of carboxylic acid groups (broad SMARTS) is 1. The van der Waals surface area contributed by atoms with E-state index in [1.54, 1.807) is 0 Å². The molecule has 3 rings (SSSR count). The van der Waals surface area contributed by atoms with Crippen LogP contribution >= 0.6 is 0 Å². The van der Waals surface area contributed by atoms with E-state index < -0.39 is 11.4 Å². The van der Waals surface area contributed by atoms with Crippen LogP contribution in [0.1, 0.15) is 30.4 Å². The highest BCUT2D eigenvalue weighted by atomic mass is 16.4. The Kier molecular flexibility index (Phi) is 6.49. The van der Waals surface area contributed by atoms with E-state index in [0.29, 0.717) is 12.8 Å². The molecule has 0 spiro atoms. The Labute approximate surface area is 170 Å². The Morgan fingerprint density at radius 1 is 1.24 bits per heavy atom. The number of nitrogens with two attached hydrogens (primary N) is 1. The zero-order valence-corrected chi connectivity index (χ0v) is 16.0. The summed E-state index contributed by atoms with van der Waals surface area (Å²) < 4.78 is 0. The molecule has 0 aliphatic heterocycles. The number of hydrazone groups is 1. The fraction of sp³-hybridized carbons (Fsp3) is 0.167. The molecule has 5 nitrogen and oxygen atoms in total. The molecule has 0 saturated heterocycles. The van der Waals surface area contributed by atoms with Crippen LogP contribution in [0.4, 0.5) is 5.69 Å². The number of carbonyl (C=O) groups is 1. The van der Waals surface area contributed by atoms with Crippen molar-refractivity contribution in [1.29, 1.82) is 0 Å². The number of hydrogen-bond acceptors (Lipinski definition) is 3. The minimum Gasteiger partial charge on any atom is -0.481 e. The molecule has 29 heavy (non-hydrogen) atoms. The Balaban J connectivity index is 1.93. The van der Waals surface area contributed by atoms with Gasteiger partial charge in [0.05, 0.1) is 5.41 Å². The van der Waals surface area contributed by atoms with Gasteiger partial charge in [-0.05, 0) is 36.6 Å². The molecule has 0 radical (unpaired) electrons. The van der Waals surface area contributed by atoms with E-state index in [0.717, 1.165) is 22.4 Å². The predicted molar refractivity (Wildman–Crippen MR) is 116 cm³/mol. The number of benzene rings is 2. The van der Waals surface area contributed by atoms with Gasteiger partial charge in [0, 0.05) is 17.7 Å². The number of anilines is 1. The van der Waals surface area contributed by atoms with Crippen molar-refractivity contribution in [3.8, 4) is 11.8 Å². The highest BCUT2D eigenvalue weighted by Crippen LogP contribution is 2.36. The largest absolute Gasteiger partial charge is 0.481 e. The van der Waals surface area contributed by atoms with Crippen LogP contribution in [-0.4, -0.2) is 17.4 Å². The van der Waals surface area contributed by atoms with Crippen LogP contribution in [0.25, 0.3) is 0 Å². The predicted octanol–water partition coefficient (Wildman–Crippen LogP) is 4.04. The second-order valence-electron chi connectivity index (χ2n) is 6.85. The minimum absolute atomic E-state index is 0.119. The molecular formula is C24H23N3O2. The highest BCUT2D eigenvalue weighted by molar-refractivity contribution is 5.75. The average Bonchev–Trinajstić information content (AvgIpc) is 2.76. The number of nitrogens with zero attached hydrogens (tertiary/aromatic N) is 1. The number of nitrogens with one attached hydrogen (secondary N) is 1. The number of allylic oxidation sites excluding steroid dienone is 4. The van der Waals surface area contributed by atoms with Crippen molar-refractivity contribution in [3.63, 3.8) is 0 Å². The molecule has 5 heteroatoms. The van der Waals surface area contributed by atoms with Gasteiger partial charge >= 0.3 is 5.97 Å². The third-order valence-corrected chi connectivity index (χ3v) is 4.77. The molecule has 0 aromatic heterocycles. The summed E-state index contributed by atoms with van der Waals surface area (Å²) in [5, 5.41) is 15.5. The van der Waals surface area contributed by atoms with Crippen molar-refractivity contribution in [2.24, 2.45) is 10.9 Å². The molecule has 0 heterocycles. The molecule has 2 aromatic carbocycles. The fourth-order valence-corrected chi connectivity index (χ4v) is 3.34. The molecule has 146 valence electrons. The van der Waals surface area contributed by atoms with Crippen LogP contribution in [0.5, 0.6) is 0 Å². The SMILES string of the molecule is NN=CNc1cccc(C#CC2(c3ccccc3)C=CC=C(CCC(=O)O)C2)c1. The number of rotatable bonds is 6. The molecule has 0 saturated carbocycles. The van der Waals surface area contributed by atoms with Gasteiger partial charge in [-0.2, -0.15) is 5.10 Å². The van der Waals surface area contributed by atoms with Gasteiger partial charge in [-0.15, -0.1) is 0 Å². The van der Waals surface area contributed by atoms with E-state index in [2.05, 4.69) is 40.5 Å². The maximum Gasteiger partial charge on any atom is 0.303 e. The summed E-state index contributed by atoms with van der Waals surface area (Å²) in [6, 6.07) is 17.8. The zero-order chi connectivity index (χ0) is 20.5. The monoisotopic (exact) mass is 385 g/mol. The van der Waals surface area contributed by atoms with Gasteiger partial charge in [0.15, 0.2) is 0 Å². The molecule has 0 amide bonds. The van der Waals surface area contributed by atoms with Crippen molar-refractivity contribution in [2.75, 3.05) is 5.32 Å². The number of aliphatic carboxylic acids is 1. The molecule has 1 atom stereocenters. The Morgan fingerprint density at radius 3 is 2.83 bits per heavy atom. The second-order valence-corrected chi connectivity index (χ2v) is 6.85. The third kappa shape index (κ3) is 5.36. The molecule has 1 unspecified atom stereocenters. The Hall–Kier alpha value is -3.78. The maximum absolute atomic E-state index is 11.0.